The number of anilines is 3. The largest absolute Gasteiger partial charge is 0.494 e. The third-order valence-corrected chi connectivity index (χ3v) is 14.8. The van der Waals surface area contributed by atoms with E-state index in [1.807, 2.05) is 50.5 Å². The summed E-state index contributed by atoms with van der Waals surface area (Å²) in [5, 5.41) is 40.5. The zero-order chi connectivity index (χ0) is 71.3. The summed E-state index contributed by atoms with van der Waals surface area (Å²) in [6, 6.07) is 34.8. The van der Waals surface area contributed by atoms with Crippen LogP contribution in [0.3, 0.4) is 0 Å². The number of halogens is 5. The van der Waals surface area contributed by atoms with E-state index in [2.05, 4.69) is 67.2 Å². The van der Waals surface area contributed by atoms with Crippen LogP contribution in [0.1, 0.15) is 104 Å². The third-order valence-electron chi connectivity index (χ3n) is 13.4. The number of hydrogen-bond donors (Lipinski definition) is 8. The smallest absolute Gasteiger partial charge is 0.337 e. The fourth-order valence-corrected chi connectivity index (χ4v) is 9.80. The molecule has 23 nitrogen and oxygen atoms in total. The molecule has 0 amide bonds. The highest BCUT2D eigenvalue weighted by molar-refractivity contribution is 6.69. The van der Waals surface area contributed by atoms with Gasteiger partial charge in [0.15, 0.2) is 0 Å². The number of nitrogen functional groups attached to an aromatic ring is 3. The van der Waals surface area contributed by atoms with Crippen molar-refractivity contribution >= 4 is 139 Å². The van der Waals surface area contributed by atoms with Gasteiger partial charge in [0.1, 0.15) is 17.2 Å². The Morgan fingerprint density at radius 3 is 1.29 bits per heavy atom. The van der Waals surface area contributed by atoms with E-state index in [0.29, 0.717) is 36.2 Å². The van der Waals surface area contributed by atoms with Gasteiger partial charge < -0.3 is 71.6 Å². The number of aromatic carboxylic acids is 4. The van der Waals surface area contributed by atoms with Gasteiger partial charge in [-0.2, -0.15) is 0 Å². The van der Waals surface area contributed by atoms with E-state index in [9.17, 15) is 28.8 Å². The maximum Gasteiger partial charge on any atom is 0.337 e. The maximum absolute atomic E-state index is 10.7. The van der Waals surface area contributed by atoms with Crippen LogP contribution in [0.2, 0.25) is 15.1 Å². The molecule has 7 aromatic carbocycles. The first-order valence-corrected chi connectivity index (χ1v) is 30.9. The molecular formula is C68H73Cl5N8O15. The summed E-state index contributed by atoms with van der Waals surface area (Å²) in [6.45, 7) is 4.90. The van der Waals surface area contributed by atoms with Gasteiger partial charge in [0.2, 0.25) is 0 Å². The first-order chi connectivity index (χ1) is 45.4. The van der Waals surface area contributed by atoms with E-state index in [1.54, 1.807) is 12.1 Å². The highest BCUT2D eigenvalue weighted by Crippen LogP contribution is 2.36. The van der Waals surface area contributed by atoms with Gasteiger partial charge in [0.05, 0.1) is 96.9 Å². The molecule has 0 atom stereocenters. The minimum absolute atomic E-state index is 0.0255. The van der Waals surface area contributed by atoms with Crippen LogP contribution in [0.5, 0.6) is 17.2 Å². The van der Waals surface area contributed by atoms with Crippen molar-refractivity contribution in [1.29, 1.82) is 0 Å². The van der Waals surface area contributed by atoms with Crippen LogP contribution in [0.25, 0.3) is 0 Å². The number of nitrogens with two attached hydrogens (primary N) is 3. The summed E-state index contributed by atoms with van der Waals surface area (Å²) in [5.74, 6) is -2.05. The minimum Gasteiger partial charge on any atom is -0.494 e. The molecule has 0 spiro atoms. The summed E-state index contributed by atoms with van der Waals surface area (Å²) in [4.78, 5) is 87.8. The number of benzene rings is 7. The molecule has 0 unspecified atom stereocenters. The number of hydrogen-bond acceptors (Lipinski definition) is 18. The van der Waals surface area contributed by atoms with Crippen molar-refractivity contribution in [2.24, 2.45) is 9.98 Å². The molecule has 0 bridgehead atoms. The molecule has 96 heavy (non-hydrogen) atoms. The highest BCUT2D eigenvalue weighted by Gasteiger charge is 2.23. The standard InChI is InChI=1S/C32H37ClN4O2.C11H19N3O.C8H3Cl3O2.C8H5ClO4.C8H7NO4.CH2O2/c1-36(2)13-5-15-38-25-8-11-29-23(17-25)20-31(34-29)22-7-10-27(28(33)19-22)32-21-24-18-26(9-12-30(24)35-32)39-16-6-14-37(3)4;1-14(2)6-3-7-15-9-4-5-10(12)11(13)8-9;9-6-3-4(7(10)12)1-2-5(6)8(11)13;2*9-6-3-4(7(10)11)1-2-5(6)8(12)13;2-1-3/h7-12,17-19H,5-6,13-16,20-21H2,1-4H3;4-5,8H,3,6-7,12-13H2,1-2H3;1-3H;1-3H,(H,10,11)(H,12,13);1-3H,9H2,(H,10,11)(H,12,13);1H,(H,2,3). The maximum atomic E-state index is 10.7. The van der Waals surface area contributed by atoms with Gasteiger partial charge in [0.25, 0.3) is 17.0 Å². The zero-order valence-corrected chi connectivity index (χ0v) is 56.9. The third kappa shape index (κ3) is 26.1. The molecule has 28 heteroatoms. The van der Waals surface area contributed by atoms with Crippen LogP contribution in [-0.2, 0) is 17.6 Å². The lowest BCUT2D eigenvalue weighted by Crippen LogP contribution is -2.15. The first kappa shape index (κ1) is 79.1. The zero-order valence-electron chi connectivity index (χ0n) is 53.2. The molecule has 9 rings (SSSR count). The fourth-order valence-electron chi connectivity index (χ4n) is 8.65. The van der Waals surface area contributed by atoms with E-state index in [4.69, 9.17) is 130 Å². The Morgan fingerprint density at radius 1 is 0.458 bits per heavy atom. The quantitative estimate of drug-likeness (QED) is 0.0128. The highest BCUT2D eigenvalue weighted by atomic mass is 35.5. The lowest BCUT2D eigenvalue weighted by Gasteiger charge is -2.11. The second kappa shape index (κ2) is 39.5. The summed E-state index contributed by atoms with van der Waals surface area (Å²) < 4.78 is 17.4. The molecule has 2 heterocycles. The Hall–Kier alpha value is -9.30. The molecule has 0 aliphatic carbocycles. The van der Waals surface area contributed by atoms with Crippen LogP contribution >= 0.6 is 58.0 Å². The Morgan fingerprint density at radius 2 is 0.875 bits per heavy atom. The van der Waals surface area contributed by atoms with Gasteiger partial charge in [-0.05, 0) is 211 Å². The van der Waals surface area contributed by atoms with Crippen molar-refractivity contribution in [2.75, 3.05) is 98.9 Å². The minimum atomic E-state index is -1.18. The molecule has 510 valence electrons. The molecule has 0 saturated carbocycles. The molecule has 0 saturated heterocycles. The number of aliphatic imine (C=N–C) groups is 2. The van der Waals surface area contributed by atoms with Crippen LogP contribution in [0, 0.1) is 0 Å². The van der Waals surface area contributed by atoms with Crippen molar-refractivity contribution in [3.8, 4) is 17.2 Å². The first-order valence-electron chi connectivity index (χ1n) is 29.0. The Balaban J connectivity index is 0.000000283. The van der Waals surface area contributed by atoms with E-state index in [0.717, 1.165) is 121 Å². The second-order valence-corrected chi connectivity index (χ2v) is 23.5. The molecular weight excluding hydrogens is 1350 g/mol. The number of carboxylic acid groups (broad SMARTS) is 5. The van der Waals surface area contributed by atoms with Crippen LogP contribution < -0.4 is 31.4 Å². The monoisotopic (exact) mass is 1420 g/mol. The lowest BCUT2D eigenvalue weighted by atomic mass is 9.99. The normalized spacial score (nSPS) is 11.4. The molecule has 0 aromatic heterocycles. The number of ether oxygens (including phenoxy) is 3. The summed E-state index contributed by atoms with van der Waals surface area (Å²) in [7, 11) is 12.4. The number of nitrogens with zero attached hydrogens (tertiary/aromatic N) is 5. The SMILES string of the molecule is CN(C)CCCOc1ccc(N)c(N)c1.CN(C)CCCOc1ccc2c(c1)CC(c1ccc(C3=Nc4ccc(OCCCN(C)C)cc4C3)c(Cl)c1)=N2.Nc1cc(C(=O)O)ccc1C(=O)O.O=C(Cl)c1ccc(C(=O)Cl)c(Cl)c1.O=C(O)c1ccc(C(=O)O)c(Cl)c1.O=CO. The second-order valence-electron chi connectivity index (χ2n) is 21.6. The molecule has 11 N–H and O–H groups in total. The Bertz CT molecular complexity index is 3790. The van der Waals surface area contributed by atoms with Crippen molar-refractivity contribution in [3.63, 3.8) is 0 Å². The predicted octanol–water partition coefficient (Wildman–Crippen LogP) is 12.7. The van der Waals surface area contributed by atoms with E-state index < -0.39 is 34.4 Å². The molecule has 0 radical (unpaired) electrons. The van der Waals surface area contributed by atoms with Gasteiger partial charge in [-0.1, -0.05) is 46.9 Å². The number of carbonyl (C=O) groups is 7. The summed E-state index contributed by atoms with van der Waals surface area (Å²) in [5.41, 5.74) is 26.2. The number of carbonyl (C=O) groups excluding carboxylic acids is 2. The molecule has 0 fully saturated rings. The number of rotatable bonds is 23. The summed E-state index contributed by atoms with van der Waals surface area (Å²) in [6.07, 6.45) is 4.50. The van der Waals surface area contributed by atoms with Gasteiger partial charge in [-0.25, -0.2) is 19.2 Å². The van der Waals surface area contributed by atoms with Gasteiger partial charge >= 0.3 is 23.9 Å². The Labute approximate surface area is 579 Å². The average Bonchev–Trinajstić information content (AvgIpc) is 1.64. The van der Waals surface area contributed by atoms with Crippen LogP contribution in [0.15, 0.2) is 137 Å². The van der Waals surface area contributed by atoms with Gasteiger partial charge in [-0.3, -0.25) is 24.4 Å². The lowest BCUT2D eigenvalue weighted by molar-refractivity contribution is -0.122. The van der Waals surface area contributed by atoms with Crippen molar-refractivity contribution in [2.45, 2.75) is 32.1 Å². The summed E-state index contributed by atoms with van der Waals surface area (Å²) >= 11 is 28.4. The van der Waals surface area contributed by atoms with Crippen LogP contribution in [0.4, 0.5) is 28.4 Å². The molecule has 2 aliphatic heterocycles. The Kier molecular flexibility index (Phi) is 32.6. The van der Waals surface area contributed by atoms with Crippen molar-refractivity contribution in [1.82, 2.24) is 14.7 Å². The van der Waals surface area contributed by atoms with Gasteiger partial charge in [-0.15, -0.1) is 0 Å². The van der Waals surface area contributed by atoms with Gasteiger partial charge in [0, 0.05) is 55.4 Å². The fraction of sp³-hybridized carbons (Fsp3) is 0.250. The van der Waals surface area contributed by atoms with Crippen molar-refractivity contribution in [3.05, 3.63) is 198 Å². The topological polar surface area (TPSA) is 361 Å². The van der Waals surface area contributed by atoms with E-state index in [1.165, 1.54) is 47.5 Å². The number of fused-ring (bicyclic) bond motifs is 2. The average molecular weight is 1420 g/mol. The van der Waals surface area contributed by atoms with Crippen LogP contribution in [-0.4, -0.2) is 174 Å². The van der Waals surface area contributed by atoms with Crippen molar-refractivity contribution < 1.29 is 73.3 Å². The number of carboxylic acids is 4. The predicted molar refractivity (Wildman–Crippen MR) is 376 cm³/mol. The molecule has 2 aliphatic rings. The molecule has 7 aromatic rings. The van der Waals surface area contributed by atoms with E-state index in [-0.39, 0.29) is 55.6 Å². The van der Waals surface area contributed by atoms with E-state index >= 15 is 0 Å².